The molecule has 5 nitrogen and oxygen atoms in total. The predicted molar refractivity (Wildman–Crippen MR) is 87.6 cm³/mol. The maximum absolute atomic E-state index is 12.7. The Morgan fingerprint density at radius 3 is 2.70 bits per heavy atom. The number of amides is 1. The number of nitrogens with zero attached hydrogens (tertiary/aromatic N) is 1. The summed E-state index contributed by atoms with van der Waals surface area (Å²) in [6.45, 7) is 3.64. The van der Waals surface area contributed by atoms with E-state index in [1.807, 2.05) is 0 Å². The highest BCUT2D eigenvalue weighted by atomic mass is 35.5. The molecular formula is C17H22ClNO4. The molecule has 1 aromatic carbocycles. The van der Waals surface area contributed by atoms with Crippen LogP contribution < -0.4 is 0 Å². The summed E-state index contributed by atoms with van der Waals surface area (Å²) in [5.41, 5.74) is 0.552. The van der Waals surface area contributed by atoms with Gasteiger partial charge < -0.3 is 14.4 Å². The summed E-state index contributed by atoms with van der Waals surface area (Å²) >= 11 is 5.86. The second kappa shape index (κ2) is 8.89. The molecule has 0 spiro atoms. The summed E-state index contributed by atoms with van der Waals surface area (Å²) in [7, 11) is 0. The zero-order valence-corrected chi connectivity index (χ0v) is 14.1. The number of hydrogen-bond acceptors (Lipinski definition) is 4. The van der Waals surface area contributed by atoms with Crippen molar-refractivity contribution in [1.29, 1.82) is 0 Å². The van der Waals surface area contributed by atoms with Crippen molar-refractivity contribution >= 4 is 23.5 Å². The number of benzene rings is 1. The first-order valence-electron chi connectivity index (χ1n) is 7.92. The van der Waals surface area contributed by atoms with E-state index in [4.69, 9.17) is 21.1 Å². The van der Waals surface area contributed by atoms with Crippen molar-refractivity contribution in [3.8, 4) is 0 Å². The van der Waals surface area contributed by atoms with E-state index in [9.17, 15) is 9.59 Å². The number of carbonyl (C=O) groups excluding carboxylic acids is 2. The van der Waals surface area contributed by atoms with Crippen LogP contribution in [0, 0.1) is 0 Å². The van der Waals surface area contributed by atoms with Crippen molar-refractivity contribution in [2.75, 3.05) is 26.3 Å². The molecule has 1 saturated heterocycles. The van der Waals surface area contributed by atoms with Crippen molar-refractivity contribution in [2.24, 2.45) is 0 Å². The first kappa shape index (κ1) is 17.8. The highest BCUT2D eigenvalue weighted by Gasteiger charge is 2.24. The summed E-state index contributed by atoms with van der Waals surface area (Å²) < 4.78 is 10.5. The first-order valence-corrected chi connectivity index (χ1v) is 8.30. The Labute approximate surface area is 141 Å². The Kier molecular flexibility index (Phi) is 6.86. The van der Waals surface area contributed by atoms with Crippen molar-refractivity contribution in [2.45, 2.75) is 32.3 Å². The van der Waals surface area contributed by atoms with E-state index in [0.29, 0.717) is 30.3 Å². The second-order valence-electron chi connectivity index (χ2n) is 5.45. The third kappa shape index (κ3) is 5.52. The van der Waals surface area contributed by atoms with Gasteiger partial charge in [-0.15, -0.1) is 0 Å². The smallest absolute Gasteiger partial charge is 0.307 e. The first-order chi connectivity index (χ1) is 11.1. The molecule has 1 aromatic rings. The van der Waals surface area contributed by atoms with Gasteiger partial charge in [-0.3, -0.25) is 9.59 Å². The molecule has 0 saturated carbocycles. The van der Waals surface area contributed by atoms with Gasteiger partial charge in [0.15, 0.2) is 0 Å². The number of ether oxygens (including phenoxy) is 2. The molecule has 1 unspecified atom stereocenters. The molecule has 1 fully saturated rings. The molecule has 1 aliphatic rings. The van der Waals surface area contributed by atoms with Crippen LogP contribution >= 0.6 is 11.6 Å². The summed E-state index contributed by atoms with van der Waals surface area (Å²) in [4.78, 5) is 25.9. The molecule has 2 rings (SSSR count). The van der Waals surface area contributed by atoms with Crippen molar-refractivity contribution < 1.29 is 19.1 Å². The topological polar surface area (TPSA) is 55.8 Å². The van der Waals surface area contributed by atoms with Gasteiger partial charge in [0.1, 0.15) is 0 Å². The number of halogens is 1. The SMILES string of the molecule is CCOC(=O)CCN(CC1CCCO1)C(=O)c1ccc(Cl)cc1. The minimum Gasteiger partial charge on any atom is -0.466 e. The Morgan fingerprint density at radius 1 is 1.35 bits per heavy atom. The van der Waals surface area contributed by atoms with Crippen molar-refractivity contribution in [1.82, 2.24) is 4.90 Å². The lowest BCUT2D eigenvalue weighted by Gasteiger charge is -2.25. The zero-order valence-electron chi connectivity index (χ0n) is 13.3. The third-order valence-corrected chi connectivity index (χ3v) is 3.97. The van der Waals surface area contributed by atoms with Gasteiger partial charge in [0.05, 0.1) is 19.1 Å². The molecule has 0 bridgehead atoms. The standard InChI is InChI=1S/C17H22ClNO4/c1-2-22-16(20)9-10-19(12-15-4-3-11-23-15)17(21)13-5-7-14(18)8-6-13/h5-8,15H,2-4,9-12H2,1H3. The number of hydrogen-bond donors (Lipinski definition) is 0. The largest absolute Gasteiger partial charge is 0.466 e. The molecule has 6 heteroatoms. The van der Waals surface area contributed by atoms with Gasteiger partial charge >= 0.3 is 5.97 Å². The van der Waals surface area contributed by atoms with Gasteiger partial charge in [0.25, 0.3) is 5.91 Å². The fourth-order valence-corrected chi connectivity index (χ4v) is 2.67. The van der Waals surface area contributed by atoms with Gasteiger partial charge in [-0.1, -0.05) is 11.6 Å². The van der Waals surface area contributed by atoms with Crippen molar-refractivity contribution in [3.63, 3.8) is 0 Å². The van der Waals surface area contributed by atoms with E-state index < -0.39 is 0 Å². The molecule has 0 N–H and O–H groups in total. The number of esters is 1. The summed E-state index contributed by atoms with van der Waals surface area (Å²) in [6.07, 6.45) is 2.16. The molecule has 0 aliphatic carbocycles. The van der Waals surface area contributed by atoms with Crippen molar-refractivity contribution in [3.05, 3.63) is 34.9 Å². The average molecular weight is 340 g/mol. The average Bonchev–Trinajstić information content (AvgIpc) is 3.05. The van der Waals surface area contributed by atoms with Gasteiger partial charge in [-0.25, -0.2) is 0 Å². The highest BCUT2D eigenvalue weighted by molar-refractivity contribution is 6.30. The summed E-state index contributed by atoms with van der Waals surface area (Å²) in [6, 6.07) is 6.75. The molecule has 0 radical (unpaired) electrons. The Bertz CT molecular complexity index is 526. The molecular weight excluding hydrogens is 318 g/mol. The molecule has 23 heavy (non-hydrogen) atoms. The zero-order chi connectivity index (χ0) is 16.7. The number of carbonyl (C=O) groups is 2. The fraction of sp³-hybridized carbons (Fsp3) is 0.529. The molecule has 126 valence electrons. The van der Waals surface area contributed by atoms with Crippen LogP contribution in [0.2, 0.25) is 5.02 Å². The van der Waals surface area contributed by atoms with Crippen LogP contribution in [-0.4, -0.2) is 49.2 Å². The van der Waals surface area contributed by atoms with Crippen LogP contribution in [0.15, 0.2) is 24.3 Å². The predicted octanol–water partition coefficient (Wildman–Crippen LogP) is 2.91. The molecule has 1 heterocycles. The Balaban J connectivity index is 2.02. The minimum absolute atomic E-state index is 0.0356. The fourth-order valence-electron chi connectivity index (χ4n) is 2.54. The molecule has 1 amide bonds. The normalized spacial score (nSPS) is 17.0. The van der Waals surface area contributed by atoms with Crippen LogP contribution in [0.5, 0.6) is 0 Å². The van der Waals surface area contributed by atoms with Crippen LogP contribution in [0.4, 0.5) is 0 Å². The lowest BCUT2D eigenvalue weighted by atomic mass is 10.1. The van der Waals surface area contributed by atoms with Crippen LogP contribution in [0.25, 0.3) is 0 Å². The van der Waals surface area contributed by atoms with E-state index >= 15 is 0 Å². The highest BCUT2D eigenvalue weighted by Crippen LogP contribution is 2.17. The maximum atomic E-state index is 12.7. The van der Waals surface area contributed by atoms with Gasteiger partial charge in [0.2, 0.25) is 0 Å². The van der Waals surface area contributed by atoms with Crippen LogP contribution in [0.1, 0.15) is 36.5 Å². The minimum atomic E-state index is -0.297. The summed E-state index contributed by atoms with van der Waals surface area (Å²) in [5, 5.41) is 0.582. The van der Waals surface area contributed by atoms with Gasteiger partial charge in [-0.2, -0.15) is 0 Å². The summed E-state index contributed by atoms with van der Waals surface area (Å²) in [5.74, 6) is -0.421. The van der Waals surface area contributed by atoms with E-state index in [-0.39, 0.29) is 24.4 Å². The van der Waals surface area contributed by atoms with E-state index in [1.54, 1.807) is 36.1 Å². The quantitative estimate of drug-likeness (QED) is 0.717. The molecule has 0 aromatic heterocycles. The Hall–Kier alpha value is -1.59. The van der Waals surface area contributed by atoms with E-state index in [0.717, 1.165) is 19.4 Å². The maximum Gasteiger partial charge on any atom is 0.307 e. The Morgan fingerprint density at radius 2 is 2.09 bits per heavy atom. The lowest BCUT2D eigenvalue weighted by Crippen LogP contribution is -2.39. The van der Waals surface area contributed by atoms with Crippen LogP contribution in [0.3, 0.4) is 0 Å². The van der Waals surface area contributed by atoms with Gasteiger partial charge in [0, 0.05) is 30.3 Å². The van der Waals surface area contributed by atoms with Gasteiger partial charge in [-0.05, 0) is 44.0 Å². The van der Waals surface area contributed by atoms with Crippen LogP contribution in [-0.2, 0) is 14.3 Å². The second-order valence-corrected chi connectivity index (χ2v) is 5.88. The molecule has 1 aliphatic heterocycles. The third-order valence-electron chi connectivity index (χ3n) is 3.72. The lowest BCUT2D eigenvalue weighted by molar-refractivity contribution is -0.143. The van der Waals surface area contributed by atoms with E-state index in [2.05, 4.69) is 0 Å². The molecule has 1 atom stereocenters. The van der Waals surface area contributed by atoms with E-state index in [1.165, 1.54) is 0 Å². The monoisotopic (exact) mass is 339 g/mol. The number of rotatable bonds is 7.